The van der Waals surface area contributed by atoms with Crippen LogP contribution in [0.15, 0.2) is 6.20 Å². The van der Waals surface area contributed by atoms with Gasteiger partial charge in [0.1, 0.15) is 5.82 Å². The zero-order chi connectivity index (χ0) is 14.8. The average Bonchev–Trinajstić information content (AvgIpc) is 2.92. The summed E-state index contributed by atoms with van der Waals surface area (Å²) < 4.78 is 0. The molecule has 1 aromatic rings. The highest BCUT2D eigenvalue weighted by Gasteiger charge is 2.28. The molecule has 1 aliphatic heterocycles. The molecule has 0 bridgehead atoms. The molecular weight excluding hydrogens is 250 g/mol. The third kappa shape index (κ3) is 3.39. The minimum Gasteiger partial charge on any atom is -0.362 e. The normalized spacial score (nSPS) is 16.4. The Morgan fingerprint density at radius 2 is 1.95 bits per heavy atom. The minimum atomic E-state index is 0.142. The summed E-state index contributed by atoms with van der Waals surface area (Å²) in [4.78, 5) is 13.5. The Balaban J connectivity index is 2.01. The SMILES string of the molecule is Cc1cnc(NCC(C)(C)N2CCCC2)nc1N(C)C. The van der Waals surface area contributed by atoms with Crippen molar-refractivity contribution >= 4 is 11.8 Å². The van der Waals surface area contributed by atoms with Crippen molar-refractivity contribution in [3.05, 3.63) is 11.8 Å². The Labute approximate surface area is 122 Å². The second-order valence-corrected chi connectivity index (χ2v) is 6.45. The van der Waals surface area contributed by atoms with Gasteiger partial charge in [0.25, 0.3) is 0 Å². The molecule has 1 aromatic heterocycles. The Kier molecular flexibility index (Phi) is 4.48. The smallest absolute Gasteiger partial charge is 0.224 e. The van der Waals surface area contributed by atoms with E-state index < -0.39 is 0 Å². The van der Waals surface area contributed by atoms with E-state index in [1.807, 2.05) is 32.1 Å². The molecule has 1 saturated heterocycles. The molecule has 0 saturated carbocycles. The maximum atomic E-state index is 4.59. The highest BCUT2D eigenvalue weighted by molar-refractivity contribution is 5.47. The fourth-order valence-corrected chi connectivity index (χ4v) is 2.70. The molecule has 0 amide bonds. The molecule has 5 heteroatoms. The Morgan fingerprint density at radius 3 is 2.55 bits per heavy atom. The van der Waals surface area contributed by atoms with E-state index in [0.717, 1.165) is 17.9 Å². The number of aryl methyl sites for hydroxylation is 1. The summed E-state index contributed by atoms with van der Waals surface area (Å²) in [6.07, 6.45) is 4.51. The molecule has 2 heterocycles. The van der Waals surface area contributed by atoms with Gasteiger partial charge in [0.2, 0.25) is 5.95 Å². The van der Waals surface area contributed by atoms with Crippen molar-refractivity contribution in [1.82, 2.24) is 14.9 Å². The Hall–Kier alpha value is -1.36. The van der Waals surface area contributed by atoms with Gasteiger partial charge in [-0.2, -0.15) is 4.98 Å². The van der Waals surface area contributed by atoms with Gasteiger partial charge in [0.15, 0.2) is 0 Å². The number of nitrogens with zero attached hydrogens (tertiary/aromatic N) is 4. The van der Waals surface area contributed by atoms with Crippen molar-refractivity contribution in [3.8, 4) is 0 Å². The third-order valence-corrected chi connectivity index (χ3v) is 4.01. The highest BCUT2D eigenvalue weighted by Crippen LogP contribution is 2.21. The largest absolute Gasteiger partial charge is 0.362 e. The van der Waals surface area contributed by atoms with Gasteiger partial charge in [-0.15, -0.1) is 0 Å². The maximum absolute atomic E-state index is 4.59. The van der Waals surface area contributed by atoms with E-state index in [1.54, 1.807) is 0 Å². The van der Waals surface area contributed by atoms with Crippen LogP contribution in [0.3, 0.4) is 0 Å². The van der Waals surface area contributed by atoms with Gasteiger partial charge in [0.05, 0.1) is 0 Å². The summed E-state index contributed by atoms with van der Waals surface area (Å²) in [6.45, 7) is 9.87. The van der Waals surface area contributed by atoms with E-state index >= 15 is 0 Å². The monoisotopic (exact) mass is 277 g/mol. The first-order valence-corrected chi connectivity index (χ1v) is 7.40. The molecule has 0 spiro atoms. The molecule has 0 radical (unpaired) electrons. The summed E-state index contributed by atoms with van der Waals surface area (Å²) in [7, 11) is 4.01. The van der Waals surface area contributed by atoms with Crippen LogP contribution >= 0.6 is 0 Å². The predicted molar refractivity (Wildman–Crippen MR) is 84.5 cm³/mol. The number of aromatic nitrogens is 2. The number of hydrogen-bond donors (Lipinski definition) is 1. The lowest BCUT2D eigenvalue weighted by Crippen LogP contribution is -2.47. The quantitative estimate of drug-likeness (QED) is 0.893. The first-order chi connectivity index (χ1) is 9.40. The van der Waals surface area contributed by atoms with Gasteiger partial charge in [-0.25, -0.2) is 4.98 Å². The summed E-state index contributed by atoms with van der Waals surface area (Å²) >= 11 is 0. The molecule has 0 aromatic carbocycles. The number of likely N-dealkylation sites (tertiary alicyclic amines) is 1. The number of nitrogens with one attached hydrogen (secondary N) is 1. The van der Waals surface area contributed by atoms with Gasteiger partial charge in [-0.1, -0.05) is 0 Å². The second kappa shape index (κ2) is 5.95. The lowest BCUT2D eigenvalue weighted by Gasteiger charge is -2.35. The zero-order valence-electron chi connectivity index (χ0n) is 13.4. The summed E-state index contributed by atoms with van der Waals surface area (Å²) in [6, 6.07) is 0. The van der Waals surface area contributed by atoms with E-state index in [0.29, 0.717) is 5.95 Å². The molecule has 112 valence electrons. The van der Waals surface area contributed by atoms with Crippen molar-refractivity contribution in [2.75, 3.05) is 43.9 Å². The van der Waals surface area contributed by atoms with Crippen LogP contribution < -0.4 is 10.2 Å². The molecule has 2 rings (SSSR count). The molecule has 20 heavy (non-hydrogen) atoms. The van der Waals surface area contributed by atoms with Gasteiger partial charge < -0.3 is 10.2 Å². The maximum Gasteiger partial charge on any atom is 0.224 e. The zero-order valence-corrected chi connectivity index (χ0v) is 13.4. The van der Waals surface area contributed by atoms with E-state index in [2.05, 4.69) is 34.0 Å². The molecule has 0 aliphatic carbocycles. The van der Waals surface area contributed by atoms with Crippen molar-refractivity contribution in [3.63, 3.8) is 0 Å². The van der Waals surface area contributed by atoms with Gasteiger partial charge >= 0.3 is 0 Å². The van der Waals surface area contributed by atoms with Crippen LogP contribution in [0.4, 0.5) is 11.8 Å². The summed E-state index contributed by atoms with van der Waals surface area (Å²) in [5.41, 5.74) is 1.24. The van der Waals surface area contributed by atoms with Crippen molar-refractivity contribution in [2.24, 2.45) is 0 Å². The van der Waals surface area contributed by atoms with Crippen LogP contribution in [-0.4, -0.2) is 54.1 Å². The van der Waals surface area contributed by atoms with E-state index in [4.69, 9.17) is 0 Å². The van der Waals surface area contributed by atoms with E-state index in [9.17, 15) is 0 Å². The minimum absolute atomic E-state index is 0.142. The average molecular weight is 277 g/mol. The first kappa shape index (κ1) is 15.0. The van der Waals surface area contributed by atoms with Crippen molar-refractivity contribution in [2.45, 2.75) is 39.2 Å². The lowest BCUT2D eigenvalue weighted by atomic mass is 10.0. The fourth-order valence-electron chi connectivity index (χ4n) is 2.70. The molecule has 5 nitrogen and oxygen atoms in total. The van der Waals surface area contributed by atoms with Gasteiger partial charge in [0, 0.05) is 37.9 Å². The molecular formula is C15H27N5. The standard InChI is InChI=1S/C15H27N5/c1-12-10-16-14(18-13(12)19(4)5)17-11-15(2,3)20-8-6-7-9-20/h10H,6-9,11H2,1-5H3,(H,16,17,18). The number of anilines is 2. The molecule has 1 aliphatic rings. The molecule has 0 unspecified atom stereocenters. The van der Waals surface area contributed by atoms with Gasteiger partial charge in [-0.3, -0.25) is 4.90 Å². The topological polar surface area (TPSA) is 44.3 Å². The first-order valence-electron chi connectivity index (χ1n) is 7.40. The Bertz CT molecular complexity index is 450. The fraction of sp³-hybridized carbons (Fsp3) is 0.733. The van der Waals surface area contributed by atoms with Crippen LogP contribution in [0.25, 0.3) is 0 Å². The highest BCUT2D eigenvalue weighted by atomic mass is 15.2. The van der Waals surface area contributed by atoms with E-state index in [-0.39, 0.29) is 5.54 Å². The number of hydrogen-bond acceptors (Lipinski definition) is 5. The lowest BCUT2D eigenvalue weighted by molar-refractivity contribution is 0.167. The van der Waals surface area contributed by atoms with Crippen molar-refractivity contribution < 1.29 is 0 Å². The molecule has 1 N–H and O–H groups in total. The summed E-state index contributed by atoms with van der Waals surface area (Å²) in [5.74, 6) is 1.69. The van der Waals surface area contributed by atoms with Crippen LogP contribution in [0.5, 0.6) is 0 Å². The van der Waals surface area contributed by atoms with Crippen LogP contribution in [0.2, 0.25) is 0 Å². The van der Waals surface area contributed by atoms with Gasteiger partial charge in [-0.05, 0) is 46.7 Å². The van der Waals surface area contributed by atoms with Crippen LogP contribution in [-0.2, 0) is 0 Å². The molecule has 1 fully saturated rings. The summed E-state index contributed by atoms with van der Waals surface area (Å²) in [5, 5.41) is 3.39. The van der Waals surface area contributed by atoms with Crippen LogP contribution in [0.1, 0.15) is 32.3 Å². The Morgan fingerprint density at radius 1 is 1.30 bits per heavy atom. The number of rotatable bonds is 5. The third-order valence-electron chi connectivity index (χ3n) is 4.01. The molecule has 0 atom stereocenters. The van der Waals surface area contributed by atoms with Crippen molar-refractivity contribution in [1.29, 1.82) is 0 Å². The van der Waals surface area contributed by atoms with E-state index in [1.165, 1.54) is 25.9 Å². The van der Waals surface area contributed by atoms with Crippen LogP contribution in [0, 0.1) is 6.92 Å². The second-order valence-electron chi connectivity index (χ2n) is 6.45. The predicted octanol–water partition coefficient (Wildman–Crippen LogP) is 2.14.